The number of anilines is 2. The summed E-state index contributed by atoms with van der Waals surface area (Å²) in [7, 11) is 0. The highest BCUT2D eigenvalue weighted by atomic mass is 32.1. The lowest BCUT2D eigenvalue weighted by Crippen LogP contribution is -2.08. The third-order valence-corrected chi connectivity index (χ3v) is 2.22. The molecule has 0 amide bonds. The summed E-state index contributed by atoms with van der Waals surface area (Å²) < 4.78 is 0.459. The number of rotatable bonds is 4. The second-order valence-electron chi connectivity index (χ2n) is 3.20. The average Bonchev–Trinajstić information content (AvgIpc) is 2.13. The molecule has 4 nitrogen and oxygen atoms in total. The predicted molar refractivity (Wildman–Crippen MR) is 62.0 cm³/mol. The molecule has 0 radical (unpaired) electrons. The minimum absolute atomic E-state index is 0.459. The Labute approximate surface area is 88.9 Å². The molecule has 0 atom stereocenters. The normalized spacial score (nSPS) is 10.1. The molecule has 0 aliphatic heterocycles. The van der Waals surface area contributed by atoms with Crippen LogP contribution < -0.4 is 11.1 Å². The van der Waals surface area contributed by atoms with Crippen LogP contribution in [0.4, 0.5) is 11.5 Å². The van der Waals surface area contributed by atoms with Crippen LogP contribution in [-0.4, -0.2) is 16.5 Å². The van der Waals surface area contributed by atoms with Crippen LogP contribution in [0.1, 0.15) is 25.6 Å². The van der Waals surface area contributed by atoms with E-state index in [9.17, 15) is 0 Å². The molecule has 0 unspecified atom stereocenters. The number of hydrogen-bond acceptors (Lipinski definition) is 4. The Morgan fingerprint density at radius 3 is 2.93 bits per heavy atom. The lowest BCUT2D eigenvalue weighted by molar-refractivity contribution is 0.829. The minimum Gasteiger partial charge on any atom is -0.393 e. The molecule has 0 aliphatic rings. The van der Waals surface area contributed by atoms with E-state index in [1.807, 2.05) is 6.92 Å². The van der Waals surface area contributed by atoms with E-state index in [1.165, 1.54) is 0 Å². The third kappa shape index (κ3) is 2.70. The van der Waals surface area contributed by atoms with Crippen molar-refractivity contribution in [1.82, 2.24) is 9.97 Å². The SMILES string of the molecule is CCCCNc1[nH]c(C)nc(=S)c1N. The van der Waals surface area contributed by atoms with Crippen molar-refractivity contribution in [2.45, 2.75) is 26.7 Å². The number of aromatic nitrogens is 2. The maximum Gasteiger partial charge on any atom is 0.154 e. The van der Waals surface area contributed by atoms with Crippen molar-refractivity contribution in [2.24, 2.45) is 0 Å². The van der Waals surface area contributed by atoms with E-state index in [0.29, 0.717) is 10.3 Å². The summed E-state index contributed by atoms with van der Waals surface area (Å²) >= 11 is 5.01. The van der Waals surface area contributed by atoms with E-state index in [4.69, 9.17) is 18.0 Å². The fraction of sp³-hybridized carbons (Fsp3) is 0.556. The van der Waals surface area contributed by atoms with Crippen molar-refractivity contribution in [3.63, 3.8) is 0 Å². The number of nitrogens with one attached hydrogen (secondary N) is 2. The molecule has 0 spiro atoms. The molecule has 0 bridgehead atoms. The molecule has 4 N–H and O–H groups in total. The third-order valence-electron chi connectivity index (χ3n) is 1.91. The van der Waals surface area contributed by atoms with Gasteiger partial charge in [-0.1, -0.05) is 25.6 Å². The van der Waals surface area contributed by atoms with E-state index < -0.39 is 0 Å². The predicted octanol–water partition coefficient (Wildman–Crippen LogP) is 2.24. The Hall–Kier alpha value is -1.10. The maximum atomic E-state index is 5.77. The maximum absolute atomic E-state index is 5.77. The van der Waals surface area contributed by atoms with E-state index in [-0.39, 0.29) is 0 Å². The zero-order chi connectivity index (χ0) is 10.6. The second-order valence-corrected chi connectivity index (χ2v) is 3.58. The molecule has 78 valence electrons. The Bertz CT molecular complexity index is 358. The number of unbranched alkanes of at least 4 members (excludes halogenated alkanes) is 1. The van der Waals surface area contributed by atoms with Crippen LogP contribution in [0.2, 0.25) is 0 Å². The molecule has 0 aliphatic carbocycles. The van der Waals surface area contributed by atoms with Crippen LogP contribution >= 0.6 is 12.2 Å². The molecule has 1 aromatic heterocycles. The molecular formula is C9H16N4S. The first-order valence-electron chi connectivity index (χ1n) is 4.75. The summed E-state index contributed by atoms with van der Waals surface area (Å²) in [4.78, 5) is 7.12. The van der Waals surface area contributed by atoms with E-state index in [2.05, 4.69) is 22.2 Å². The van der Waals surface area contributed by atoms with Gasteiger partial charge in [0.25, 0.3) is 0 Å². The number of nitrogen functional groups attached to an aromatic ring is 1. The van der Waals surface area contributed by atoms with Gasteiger partial charge in [0.1, 0.15) is 17.3 Å². The smallest absolute Gasteiger partial charge is 0.154 e. The highest BCUT2D eigenvalue weighted by Crippen LogP contribution is 2.15. The fourth-order valence-electron chi connectivity index (χ4n) is 1.13. The van der Waals surface area contributed by atoms with Gasteiger partial charge in [-0.2, -0.15) is 0 Å². The van der Waals surface area contributed by atoms with Crippen molar-refractivity contribution in [2.75, 3.05) is 17.6 Å². The quantitative estimate of drug-likeness (QED) is 0.529. The largest absolute Gasteiger partial charge is 0.393 e. The lowest BCUT2D eigenvalue weighted by atomic mass is 10.3. The topological polar surface area (TPSA) is 66.7 Å². The summed E-state index contributed by atoms with van der Waals surface area (Å²) in [5.74, 6) is 1.57. The van der Waals surface area contributed by atoms with Gasteiger partial charge in [-0.25, -0.2) is 4.98 Å². The highest BCUT2D eigenvalue weighted by Gasteiger charge is 2.01. The molecule has 1 heterocycles. The zero-order valence-corrected chi connectivity index (χ0v) is 9.37. The van der Waals surface area contributed by atoms with Gasteiger partial charge >= 0.3 is 0 Å². The van der Waals surface area contributed by atoms with Crippen LogP contribution in [0, 0.1) is 11.6 Å². The highest BCUT2D eigenvalue weighted by molar-refractivity contribution is 7.71. The van der Waals surface area contributed by atoms with Gasteiger partial charge in [0, 0.05) is 6.54 Å². The number of aryl methyl sites for hydroxylation is 1. The van der Waals surface area contributed by atoms with Gasteiger partial charge in [0.15, 0.2) is 4.64 Å². The lowest BCUT2D eigenvalue weighted by Gasteiger charge is -2.09. The molecule has 14 heavy (non-hydrogen) atoms. The summed E-state index contributed by atoms with van der Waals surface area (Å²) in [6.45, 7) is 4.90. The van der Waals surface area contributed by atoms with Crippen molar-refractivity contribution in [3.05, 3.63) is 10.5 Å². The monoisotopic (exact) mass is 212 g/mol. The summed E-state index contributed by atoms with van der Waals surface area (Å²) in [6, 6.07) is 0. The molecular weight excluding hydrogens is 196 g/mol. The van der Waals surface area contributed by atoms with Crippen molar-refractivity contribution < 1.29 is 0 Å². The van der Waals surface area contributed by atoms with E-state index >= 15 is 0 Å². The number of nitrogens with two attached hydrogens (primary N) is 1. The molecule has 0 aromatic carbocycles. The Kier molecular flexibility index (Phi) is 3.88. The van der Waals surface area contributed by atoms with E-state index in [0.717, 1.165) is 31.0 Å². The Morgan fingerprint density at radius 1 is 1.57 bits per heavy atom. The van der Waals surface area contributed by atoms with Crippen LogP contribution in [0.25, 0.3) is 0 Å². The molecule has 1 aromatic rings. The number of H-pyrrole nitrogens is 1. The summed E-state index contributed by atoms with van der Waals surface area (Å²) in [5, 5.41) is 3.21. The molecule has 5 heteroatoms. The minimum atomic E-state index is 0.459. The number of aromatic amines is 1. The molecule has 1 rings (SSSR count). The first-order valence-corrected chi connectivity index (χ1v) is 5.16. The zero-order valence-electron chi connectivity index (χ0n) is 8.55. The van der Waals surface area contributed by atoms with Gasteiger partial charge < -0.3 is 16.0 Å². The van der Waals surface area contributed by atoms with Crippen LogP contribution in [0.15, 0.2) is 0 Å². The van der Waals surface area contributed by atoms with E-state index in [1.54, 1.807) is 0 Å². The fourth-order valence-corrected chi connectivity index (χ4v) is 1.36. The average molecular weight is 212 g/mol. The van der Waals surface area contributed by atoms with Gasteiger partial charge in [-0.15, -0.1) is 0 Å². The van der Waals surface area contributed by atoms with Gasteiger partial charge in [-0.05, 0) is 13.3 Å². The van der Waals surface area contributed by atoms with Gasteiger partial charge in [-0.3, -0.25) is 0 Å². The van der Waals surface area contributed by atoms with Gasteiger partial charge in [0.2, 0.25) is 0 Å². The standard InChI is InChI=1S/C9H16N4S/c1-3-4-5-11-8-7(10)9(14)13-6(2)12-8/h3-5,10H2,1-2H3,(H2,11,12,13,14). The number of hydrogen-bond donors (Lipinski definition) is 3. The van der Waals surface area contributed by atoms with Gasteiger partial charge in [0.05, 0.1) is 0 Å². The van der Waals surface area contributed by atoms with Crippen LogP contribution in [0.5, 0.6) is 0 Å². The first kappa shape index (κ1) is 11.0. The van der Waals surface area contributed by atoms with Crippen molar-refractivity contribution in [1.29, 1.82) is 0 Å². The van der Waals surface area contributed by atoms with Crippen LogP contribution in [0.3, 0.4) is 0 Å². The Morgan fingerprint density at radius 2 is 2.29 bits per heavy atom. The second kappa shape index (κ2) is 4.95. The van der Waals surface area contributed by atoms with Crippen molar-refractivity contribution in [3.8, 4) is 0 Å². The molecule has 0 saturated carbocycles. The first-order chi connectivity index (χ1) is 6.65. The van der Waals surface area contributed by atoms with Crippen molar-refractivity contribution >= 4 is 23.7 Å². The molecule has 0 fully saturated rings. The Balaban J connectivity index is 2.80. The summed E-state index contributed by atoms with van der Waals surface area (Å²) in [6.07, 6.45) is 2.26. The number of nitrogens with zero attached hydrogens (tertiary/aromatic N) is 1. The summed E-state index contributed by atoms with van der Waals surface area (Å²) in [5.41, 5.74) is 6.30. The van der Waals surface area contributed by atoms with Crippen LogP contribution in [-0.2, 0) is 0 Å². The molecule has 0 saturated heterocycles.